The molecule has 0 aliphatic rings. The van der Waals surface area contributed by atoms with E-state index in [9.17, 15) is 13.6 Å². The summed E-state index contributed by atoms with van der Waals surface area (Å²) in [7, 11) is 0. The Morgan fingerprint density at radius 2 is 2.18 bits per heavy atom. The SMILES string of the molecule is CCCCNC(=O)CSc1ccc(F)cc1F. The molecule has 17 heavy (non-hydrogen) atoms. The van der Waals surface area contributed by atoms with Crippen LogP contribution in [0.5, 0.6) is 0 Å². The van der Waals surface area contributed by atoms with Crippen molar-refractivity contribution in [1.29, 1.82) is 0 Å². The number of nitrogens with one attached hydrogen (secondary N) is 1. The predicted molar refractivity (Wildman–Crippen MR) is 65.0 cm³/mol. The summed E-state index contributed by atoms with van der Waals surface area (Å²) in [6, 6.07) is 3.34. The van der Waals surface area contributed by atoms with Gasteiger partial charge < -0.3 is 5.32 Å². The molecule has 0 spiro atoms. The molecule has 1 N–H and O–H groups in total. The summed E-state index contributed by atoms with van der Waals surface area (Å²) in [5.41, 5.74) is 0. The summed E-state index contributed by atoms with van der Waals surface area (Å²) in [6.07, 6.45) is 1.95. The van der Waals surface area contributed by atoms with Gasteiger partial charge in [0.15, 0.2) is 0 Å². The second-order valence-electron chi connectivity index (χ2n) is 3.57. The fourth-order valence-electron chi connectivity index (χ4n) is 1.19. The number of hydrogen-bond acceptors (Lipinski definition) is 2. The molecule has 1 aromatic rings. The summed E-state index contributed by atoms with van der Waals surface area (Å²) < 4.78 is 25.8. The number of hydrogen-bond donors (Lipinski definition) is 1. The van der Waals surface area contributed by atoms with Crippen molar-refractivity contribution in [3.8, 4) is 0 Å². The van der Waals surface area contributed by atoms with E-state index in [1.54, 1.807) is 0 Å². The van der Waals surface area contributed by atoms with Crippen LogP contribution in [0, 0.1) is 11.6 Å². The fraction of sp³-hybridized carbons (Fsp3) is 0.417. The van der Waals surface area contributed by atoms with Crippen molar-refractivity contribution in [2.75, 3.05) is 12.3 Å². The molecule has 1 aromatic carbocycles. The van der Waals surface area contributed by atoms with E-state index in [0.29, 0.717) is 6.54 Å². The van der Waals surface area contributed by atoms with Gasteiger partial charge in [0.1, 0.15) is 11.6 Å². The maximum Gasteiger partial charge on any atom is 0.230 e. The van der Waals surface area contributed by atoms with Gasteiger partial charge in [-0.25, -0.2) is 8.78 Å². The fourth-order valence-corrected chi connectivity index (χ4v) is 1.94. The van der Waals surface area contributed by atoms with Gasteiger partial charge in [0.25, 0.3) is 0 Å². The Labute approximate surface area is 104 Å². The van der Waals surface area contributed by atoms with Gasteiger partial charge in [-0.3, -0.25) is 4.79 Å². The molecule has 0 bridgehead atoms. The van der Waals surface area contributed by atoms with Crippen LogP contribution in [0.25, 0.3) is 0 Å². The van der Waals surface area contributed by atoms with Crippen molar-refractivity contribution in [2.45, 2.75) is 24.7 Å². The lowest BCUT2D eigenvalue weighted by Gasteiger charge is -2.05. The van der Waals surface area contributed by atoms with E-state index < -0.39 is 11.6 Å². The molecule has 0 radical (unpaired) electrons. The quantitative estimate of drug-likeness (QED) is 0.628. The zero-order valence-electron chi connectivity index (χ0n) is 9.63. The Kier molecular flexibility index (Phi) is 5.97. The van der Waals surface area contributed by atoms with E-state index in [1.165, 1.54) is 12.1 Å². The topological polar surface area (TPSA) is 29.1 Å². The Balaban J connectivity index is 2.37. The van der Waals surface area contributed by atoms with E-state index >= 15 is 0 Å². The van der Waals surface area contributed by atoms with Crippen LogP contribution >= 0.6 is 11.8 Å². The number of unbranched alkanes of at least 4 members (excludes halogenated alkanes) is 1. The molecule has 0 atom stereocenters. The third kappa shape index (κ3) is 5.17. The highest BCUT2D eigenvalue weighted by atomic mass is 32.2. The van der Waals surface area contributed by atoms with Crippen LogP contribution in [0.4, 0.5) is 8.78 Å². The number of rotatable bonds is 6. The summed E-state index contributed by atoms with van der Waals surface area (Å²) in [6.45, 7) is 2.68. The number of carbonyl (C=O) groups is 1. The summed E-state index contributed by atoms with van der Waals surface area (Å²) in [5, 5.41) is 2.73. The van der Waals surface area contributed by atoms with Crippen LogP contribution in [0.3, 0.4) is 0 Å². The van der Waals surface area contributed by atoms with Crippen molar-refractivity contribution >= 4 is 17.7 Å². The molecule has 0 saturated carbocycles. The van der Waals surface area contributed by atoms with Gasteiger partial charge in [0.05, 0.1) is 5.75 Å². The standard InChI is InChI=1S/C12H15F2NOS/c1-2-3-6-15-12(16)8-17-11-5-4-9(13)7-10(11)14/h4-5,7H,2-3,6,8H2,1H3,(H,15,16). The largest absolute Gasteiger partial charge is 0.355 e. The van der Waals surface area contributed by atoms with E-state index in [2.05, 4.69) is 5.32 Å². The first-order valence-corrected chi connectivity index (χ1v) is 6.46. The van der Waals surface area contributed by atoms with Crippen molar-refractivity contribution < 1.29 is 13.6 Å². The molecule has 0 saturated heterocycles. The zero-order chi connectivity index (χ0) is 12.7. The highest BCUT2D eigenvalue weighted by Crippen LogP contribution is 2.21. The lowest BCUT2D eigenvalue weighted by Crippen LogP contribution is -2.26. The van der Waals surface area contributed by atoms with Crippen LogP contribution in [-0.4, -0.2) is 18.2 Å². The molecule has 2 nitrogen and oxygen atoms in total. The molecule has 0 fully saturated rings. The second kappa shape index (κ2) is 7.27. The summed E-state index contributed by atoms with van der Waals surface area (Å²) in [4.78, 5) is 11.6. The second-order valence-corrected chi connectivity index (χ2v) is 4.58. The van der Waals surface area contributed by atoms with Gasteiger partial charge in [-0.2, -0.15) is 0 Å². The Morgan fingerprint density at radius 1 is 1.41 bits per heavy atom. The molecule has 0 unspecified atom stereocenters. The van der Waals surface area contributed by atoms with Crippen LogP contribution in [0.1, 0.15) is 19.8 Å². The molecule has 0 aliphatic heterocycles. The van der Waals surface area contributed by atoms with Gasteiger partial charge in [-0.05, 0) is 18.6 Å². The average molecular weight is 259 g/mol. The van der Waals surface area contributed by atoms with Gasteiger partial charge >= 0.3 is 0 Å². The molecule has 0 aromatic heterocycles. The number of benzene rings is 1. The highest BCUT2D eigenvalue weighted by molar-refractivity contribution is 8.00. The first-order valence-electron chi connectivity index (χ1n) is 5.48. The van der Waals surface area contributed by atoms with Gasteiger partial charge in [0, 0.05) is 17.5 Å². The van der Waals surface area contributed by atoms with Gasteiger partial charge in [-0.1, -0.05) is 13.3 Å². The lowest BCUT2D eigenvalue weighted by molar-refractivity contribution is -0.118. The van der Waals surface area contributed by atoms with Crippen LogP contribution in [-0.2, 0) is 4.79 Å². The van der Waals surface area contributed by atoms with Crippen LogP contribution in [0.15, 0.2) is 23.1 Å². The first kappa shape index (κ1) is 14.0. The maximum absolute atomic E-state index is 13.2. The Hall–Kier alpha value is -1.10. The minimum Gasteiger partial charge on any atom is -0.355 e. The van der Waals surface area contributed by atoms with Gasteiger partial charge in [-0.15, -0.1) is 11.8 Å². The van der Waals surface area contributed by atoms with E-state index in [4.69, 9.17) is 0 Å². The minimum atomic E-state index is -0.628. The van der Waals surface area contributed by atoms with Gasteiger partial charge in [0.2, 0.25) is 5.91 Å². The molecule has 1 amide bonds. The first-order chi connectivity index (χ1) is 8.13. The molecular weight excluding hydrogens is 244 g/mol. The Morgan fingerprint density at radius 3 is 2.82 bits per heavy atom. The zero-order valence-corrected chi connectivity index (χ0v) is 10.4. The third-order valence-corrected chi connectivity index (χ3v) is 3.15. The monoisotopic (exact) mass is 259 g/mol. The van der Waals surface area contributed by atoms with E-state index in [0.717, 1.165) is 30.7 Å². The van der Waals surface area contributed by atoms with Crippen molar-refractivity contribution in [3.05, 3.63) is 29.8 Å². The summed E-state index contributed by atoms with van der Waals surface area (Å²) >= 11 is 1.07. The van der Waals surface area contributed by atoms with Crippen LogP contribution < -0.4 is 5.32 Å². The molecule has 0 aliphatic carbocycles. The molecule has 1 rings (SSSR count). The maximum atomic E-state index is 13.2. The third-order valence-electron chi connectivity index (χ3n) is 2.11. The Bertz CT molecular complexity index is 385. The number of amides is 1. The summed E-state index contributed by atoms with van der Waals surface area (Å²) in [5.74, 6) is -1.23. The number of thioether (sulfide) groups is 1. The van der Waals surface area contributed by atoms with E-state index in [-0.39, 0.29) is 16.6 Å². The van der Waals surface area contributed by atoms with Crippen LogP contribution in [0.2, 0.25) is 0 Å². The average Bonchev–Trinajstić information content (AvgIpc) is 2.28. The van der Waals surface area contributed by atoms with Crippen molar-refractivity contribution in [3.63, 3.8) is 0 Å². The molecule has 5 heteroatoms. The van der Waals surface area contributed by atoms with E-state index in [1.807, 2.05) is 6.92 Å². The number of halogens is 2. The smallest absolute Gasteiger partial charge is 0.230 e. The predicted octanol–water partition coefficient (Wildman–Crippen LogP) is 2.97. The molecule has 94 valence electrons. The molecular formula is C12H15F2NOS. The number of carbonyl (C=O) groups excluding carboxylic acids is 1. The minimum absolute atomic E-state index is 0.132. The van der Waals surface area contributed by atoms with Crippen molar-refractivity contribution in [1.82, 2.24) is 5.32 Å². The molecule has 0 heterocycles. The highest BCUT2D eigenvalue weighted by Gasteiger charge is 2.07. The normalized spacial score (nSPS) is 10.3. The lowest BCUT2D eigenvalue weighted by atomic mass is 10.3. The van der Waals surface area contributed by atoms with Crippen molar-refractivity contribution in [2.24, 2.45) is 0 Å².